The standard InChI is InChI=1S/C18H30O/c1-2-3-4-5-6-7-8-9-10-11-12-13-14-15-16-17-18-19/h11-16,18H,2-10,17H2,1H3. The Morgan fingerprint density at radius 2 is 1.26 bits per heavy atom. The Hall–Kier alpha value is -1.11. The highest BCUT2D eigenvalue weighted by molar-refractivity contribution is 5.52. The Kier molecular flexibility index (Phi) is 15.9. The summed E-state index contributed by atoms with van der Waals surface area (Å²) in [5.74, 6) is 0. The van der Waals surface area contributed by atoms with E-state index in [-0.39, 0.29) is 0 Å². The molecule has 108 valence electrons. The zero-order valence-corrected chi connectivity index (χ0v) is 12.5. The van der Waals surface area contributed by atoms with E-state index in [0.29, 0.717) is 6.42 Å². The molecule has 0 spiro atoms. The molecule has 0 bridgehead atoms. The largest absolute Gasteiger partial charge is 0.303 e. The van der Waals surface area contributed by atoms with Gasteiger partial charge in [0.2, 0.25) is 0 Å². The van der Waals surface area contributed by atoms with E-state index in [0.717, 1.165) is 6.29 Å². The van der Waals surface area contributed by atoms with Crippen LogP contribution in [0.15, 0.2) is 36.5 Å². The highest BCUT2D eigenvalue weighted by Crippen LogP contribution is 2.09. The van der Waals surface area contributed by atoms with Gasteiger partial charge in [-0.15, -0.1) is 0 Å². The van der Waals surface area contributed by atoms with Crippen LogP contribution in [0.25, 0.3) is 0 Å². The van der Waals surface area contributed by atoms with Gasteiger partial charge >= 0.3 is 0 Å². The van der Waals surface area contributed by atoms with Gasteiger partial charge in [-0.05, 0) is 12.8 Å². The van der Waals surface area contributed by atoms with E-state index in [4.69, 9.17) is 0 Å². The van der Waals surface area contributed by atoms with Gasteiger partial charge in [-0.2, -0.15) is 0 Å². The van der Waals surface area contributed by atoms with E-state index < -0.39 is 0 Å². The fourth-order valence-electron chi connectivity index (χ4n) is 1.91. The third-order valence-electron chi connectivity index (χ3n) is 3.06. The van der Waals surface area contributed by atoms with Crippen LogP contribution in [0.2, 0.25) is 0 Å². The molecule has 0 rings (SSSR count). The molecule has 19 heavy (non-hydrogen) atoms. The topological polar surface area (TPSA) is 17.1 Å². The molecule has 0 aliphatic rings. The second-order valence-corrected chi connectivity index (χ2v) is 4.91. The zero-order valence-electron chi connectivity index (χ0n) is 12.5. The van der Waals surface area contributed by atoms with E-state index in [9.17, 15) is 4.79 Å². The smallest absolute Gasteiger partial charge is 0.123 e. The van der Waals surface area contributed by atoms with E-state index in [1.165, 1.54) is 57.8 Å². The van der Waals surface area contributed by atoms with Crippen LogP contribution in [0.5, 0.6) is 0 Å². The van der Waals surface area contributed by atoms with Crippen LogP contribution in [0, 0.1) is 0 Å². The third-order valence-corrected chi connectivity index (χ3v) is 3.06. The monoisotopic (exact) mass is 262 g/mol. The molecule has 0 atom stereocenters. The molecule has 1 heteroatoms. The van der Waals surface area contributed by atoms with Crippen molar-refractivity contribution in [1.29, 1.82) is 0 Å². The molecule has 0 aliphatic carbocycles. The van der Waals surface area contributed by atoms with Gasteiger partial charge in [0.15, 0.2) is 0 Å². The van der Waals surface area contributed by atoms with Crippen LogP contribution < -0.4 is 0 Å². The molecule has 0 radical (unpaired) electrons. The lowest BCUT2D eigenvalue weighted by Gasteiger charge is -1.99. The van der Waals surface area contributed by atoms with Crippen LogP contribution in [0.1, 0.15) is 71.1 Å². The number of unbranched alkanes of at least 4 members (excludes halogenated alkanes) is 8. The molecule has 0 unspecified atom stereocenters. The van der Waals surface area contributed by atoms with Crippen molar-refractivity contribution >= 4 is 6.29 Å². The molecule has 0 saturated carbocycles. The van der Waals surface area contributed by atoms with Crippen LogP contribution in [0.3, 0.4) is 0 Å². The summed E-state index contributed by atoms with van der Waals surface area (Å²) in [6.45, 7) is 2.26. The number of aldehydes is 1. The lowest BCUT2D eigenvalue weighted by atomic mass is 10.1. The van der Waals surface area contributed by atoms with Crippen LogP contribution >= 0.6 is 0 Å². The normalized spacial score (nSPS) is 12.1. The van der Waals surface area contributed by atoms with Crippen LogP contribution in [-0.4, -0.2) is 6.29 Å². The molecule has 0 N–H and O–H groups in total. The molecule has 0 aromatic carbocycles. The SMILES string of the molecule is CCCCCCCCCCC=CC=CC=CCC=O. The molecular weight excluding hydrogens is 232 g/mol. The van der Waals surface area contributed by atoms with Gasteiger partial charge in [-0.3, -0.25) is 0 Å². The summed E-state index contributed by atoms with van der Waals surface area (Å²) in [4.78, 5) is 10.0. The second-order valence-electron chi connectivity index (χ2n) is 4.91. The highest BCUT2D eigenvalue weighted by Gasteiger charge is 1.89. The van der Waals surface area contributed by atoms with Crippen molar-refractivity contribution in [2.75, 3.05) is 0 Å². The number of allylic oxidation sites excluding steroid dienone is 6. The van der Waals surface area contributed by atoms with E-state index in [1.54, 1.807) is 0 Å². The predicted octanol–water partition coefficient (Wildman–Crippen LogP) is 5.77. The lowest BCUT2D eigenvalue weighted by molar-refractivity contribution is -0.107. The Morgan fingerprint density at radius 1 is 0.684 bits per heavy atom. The maximum Gasteiger partial charge on any atom is 0.123 e. The molecular formula is C18H30O. The summed E-state index contributed by atoms with van der Waals surface area (Å²) in [6, 6.07) is 0. The molecule has 0 amide bonds. The van der Waals surface area contributed by atoms with Gasteiger partial charge in [0.25, 0.3) is 0 Å². The maximum absolute atomic E-state index is 10.0. The van der Waals surface area contributed by atoms with Crippen molar-refractivity contribution in [3.8, 4) is 0 Å². The molecule has 0 fully saturated rings. The fourth-order valence-corrected chi connectivity index (χ4v) is 1.91. The summed E-state index contributed by atoms with van der Waals surface area (Å²) in [6.07, 6.45) is 25.7. The Labute approximate surface area is 119 Å². The first-order valence-corrected chi connectivity index (χ1v) is 7.83. The molecule has 1 nitrogen and oxygen atoms in total. The number of hydrogen-bond acceptors (Lipinski definition) is 1. The van der Waals surface area contributed by atoms with Gasteiger partial charge in [-0.25, -0.2) is 0 Å². The molecule has 0 heterocycles. The minimum atomic E-state index is 0.506. The van der Waals surface area contributed by atoms with E-state index in [1.807, 2.05) is 24.3 Å². The number of carbonyl (C=O) groups is 1. The first-order chi connectivity index (χ1) is 9.41. The van der Waals surface area contributed by atoms with Gasteiger partial charge in [0.05, 0.1) is 0 Å². The highest BCUT2D eigenvalue weighted by atomic mass is 16.1. The number of carbonyl (C=O) groups excluding carboxylic acids is 1. The lowest BCUT2D eigenvalue weighted by Crippen LogP contribution is -1.79. The number of rotatable bonds is 13. The zero-order chi connectivity index (χ0) is 14.0. The molecule has 0 aromatic heterocycles. The molecule has 0 saturated heterocycles. The van der Waals surface area contributed by atoms with Crippen molar-refractivity contribution in [3.05, 3.63) is 36.5 Å². The van der Waals surface area contributed by atoms with Crippen molar-refractivity contribution in [3.63, 3.8) is 0 Å². The quantitative estimate of drug-likeness (QED) is 0.234. The molecule has 0 aliphatic heterocycles. The van der Waals surface area contributed by atoms with Crippen molar-refractivity contribution in [1.82, 2.24) is 0 Å². The fraction of sp³-hybridized carbons (Fsp3) is 0.611. The van der Waals surface area contributed by atoms with Crippen molar-refractivity contribution in [2.45, 2.75) is 71.1 Å². The summed E-state index contributed by atoms with van der Waals surface area (Å²) < 4.78 is 0. The molecule has 0 aromatic rings. The third kappa shape index (κ3) is 16.9. The minimum Gasteiger partial charge on any atom is -0.303 e. The first-order valence-electron chi connectivity index (χ1n) is 7.83. The summed E-state index contributed by atoms with van der Waals surface area (Å²) in [7, 11) is 0. The first kappa shape index (κ1) is 17.9. The Morgan fingerprint density at radius 3 is 1.89 bits per heavy atom. The Balaban J connectivity index is 3.22. The van der Waals surface area contributed by atoms with Crippen LogP contribution in [-0.2, 0) is 4.79 Å². The van der Waals surface area contributed by atoms with Crippen molar-refractivity contribution in [2.24, 2.45) is 0 Å². The minimum absolute atomic E-state index is 0.506. The van der Waals surface area contributed by atoms with E-state index in [2.05, 4.69) is 19.1 Å². The van der Waals surface area contributed by atoms with Crippen molar-refractivity contribution < 1.29 is 4.79 Å². The van der Waals surface area contributed by atoms with Crippen LogP contribution in [0.4, 0.5) is 0 Å². The number of hydrogen-bond donors (Lipinski definition) is 0. The average Bonchev–Trinajstić information content (AvgIpc) is 2.43. The maximum atomic E-state index is 10.0. The van der Waals surface area contributed by atoms with Gasteiger partial charge in [-0.1, -0.05) is 88.3 Å². The van der Waals surface area contributed by atoms with Gasteiger partial charge < -0.3 is 4.79 Å². The Bertz CT molecular complexity index is 261. The van der Waals surface area contributed by atoms with Gasteiger partial charge in [0, 0.05) is 6.42 Å². The second kappa shape index (κ2) is 16.9. The summed E-state index contributed by atoms with van der Waals surface area (Å²) >= 11 is 0. The summed E-state index contributed by atoms with van der Waals surface area (Å²) in [5, 5.41) is 0. The van der Waals surface area contributed by atoms with E-state index >= 15 is 0 Å². The van der Waals surface area contributed by atoms with Gasteiger partial charge in [0.1, 0.15) is 6.29 Å². The predicted molar refractivity (Wildman–Crippen MR) is 85.3 cm³/mol. The average molecular weight is 262 g/mol. The summed E-state index contributed by atoms with van der Waals surface area (Å²) in [5.41, 5.74) is 0.